The van der Waals surface area contributed by atoms with Gasteiger partial charge in [-0.2, -0.15) is 11.8 Å². The van der Waals surface area contributed by atoms with Gasteiger partial charge in [0.2, 0.25) is 5.95 Å². The van der Waals surface area contributed by atoms with Crippen molar-refractivity contribution in [2.45, 2.75) is 18.9 Å². The third-order valence-electron chi connectivity index (χ3n) is 2.18. The normalized spacial score (nSPS) is 18.1. The van der Waals surface area contributed by atoms with Gasteiger partial charge in [0.05, 0.1) is 0 Å². The number of thioether (sulfide) groups is 1. The molecule has 5 heteroatoms. The Hall–Kier alpha value is -0.290. The van der Waals surface area contributed by atoms with Crippen LogP contribution in [-0.4, -0.2) is 27.5 Å². The van der Waals surface area contributed by atoms with E-state index >= 15 is 0 Å². The maximum atomic E-state index is 4.25. The molecule has 0 aliphatic carbocycles. The highest BCUT2D eigenvalue weighted by Gasteiger charge is 2.13. The number of halogens is 1. The molecule has 0 saturated carbocycles. The summed E-state index contributed by atoms with van der Waals surface area (Å²) in [6.07, 6.45) is 4.18. The lowest BCUT2D eigenvalue weighted by molar-refractivity contribution is 0.659. The summed E-state index contributed by atoms with van der Waals surface area (Å²) in [7, 11) is 0. The standard InChI is InChI=1S/C9H12BrN3S/c10-8-1-4-11-9(13-8)12-7-2-5-14-6-3-7/h1,4,7H,2-3,5-6H2,(H,11,12,13). The SMILES string of the molecule is Brc1ccnc(NC2CCSCC2)n1. The van der Waals surface area contributed by atoms with Crippen LogP contribution in [0.15, 0.2) is 16.9 Å². The largest absolute Gasteiger partial charge is 0.351 e. The maximum absolute atomic E-state index is 4.25. The number of hydrogen-bond acceptors (Lipinski definition) is 4. The molecule has 0 unspecified atom stereocenters. The average Bonchev–Trinajstić information content (AvgIpc) is 2.19. The van der Waals surface area contributed by atoms with E-state index in [0.717, 1.165) is 10.6 Å². The molecule has 1 N–H and O–H groups in total. The lowest BCUT2D eigenvalue weighted by Gasteiger charge is -2.22. The summed E-state index contributed by atoms with van der Waals surface area (Å²) in [5.74, 6) is 3.22. The minimum absolute atomic E-state index is 0.547. The molecule has 2 rings (SSSR count). The lowest BCUT2D eigenvalue weighted by Crippen LogP contribution is -2.25. The fraction of sp³-hybridized carbons (Fsp3) is 0.556. The zero-order valence-electron chi connectivity index (χ0n) is 7.74. The Kier molecular flexibility index (Phi) is 3.64. The molecule has 3 nitrogen and oxygen atoms in total. The van der Waals surface area contributed by atoms with Crippen LogP contribution in [0.3, 0.4) is 0 Å². The van der Waals surface area contributed by atoms with Gasteiger partial charge in [-0.25, -0.2) is 9.97 Å². The minimum atomic E-state index is 0.547. The molecule has 1 aromatic rings. The molecule has 0 aromatic carbocycles. The molecule has 0 amide bonds. The van der Waals surface area contributed by atoms with Gasteiger partial charge in [0, 0.05) is 12.2 Å². The van der Waals surface area contributed by atoms with E-state index in [1.165, 1.54) is 24.3 Å². The molecule has 76 valence electrons. The first kappa shape index (κ1) is 10.2. The number of anilines is 1. The van der Waals surface area contributed by atoms with E-state index in [-0.39, 0.29) is 0 Å². The second-order valence-electron chi connectivity index (χ2n) is 3.23. The van der Waals surface area contributed by atoms with Crippen LogP contribution in [0.5, 0.6) is 0 Å². The molecule has 2 heterocycles. The quantitative estimate of drug-likeness (QED) is 0.841. The molecule has 0 radical (unpaired) electrons. The first-order valence-corrected chi connectivity index (χ1v) is 6.62. The van der Waals surface area contributed by atoms with Crippen molar-refractivity contribution < 1.29 is 0 Å². The van der Waals surface area contributed by atoms with Gasteiger partial charge in [-0.1, -0.05) is 0 Å². The Morgan fingerprint density at radius 2 is 2.21 bits per heavy atom. The van der Waals surface area contributed by atoms with Gasteiger partial charge < -0.3 is 5.32 Å². The van der Waals surface area contributed by atoms with Gasteiger partial charge in [0.1, 0.15) is 4.60 Å². The number of rotatable bonds is 2. The monoisotopic (exact) mass is 273 g/mol. The summed E-state index contributed by atoms with van der Waals surface area (Å²) in [6, 6.07) is 2.38. The molecule has 0 spiro atoms. The number of nitrogens with zero attached hydrogens (tertiary/aromatic N) is 2. The fourth-order valence-electron chi connectivity index (χ4n) is 1.43. The second kappa shape index (κ2) is 4.98. The van der Waals surface area contributed by atoms with Gasteiger partial charge in [0.15, 0.2) is 0 Å². The highest BCUT2D eigenvalue weighted by Crippen LogP contribution is 2.19. The van der Waals surface area contributed by atoms with E-state index < -0.39 is 0 Å². The van der Waals surface area contributed by atoms with Crippen molar-refractivity contribution in [1.29, 1.82) is 0 Å². The van der Waals surface area contributed by atoms with E-state index in [9.17, 15) is 0 Å². The predicted molar refractivity (Wildman–Crippen MR) is 63.7 cm³/mol. The second-order valence-corrected chi connectivity index (χ2v) is 5.27. The molecule has 0 bridgehead atoms. The van der Waals surface area contributed by atoms with Gasteiger partial charge in [-0.05, 0) is 46.3 Å². The summed E-state index contributed by atoms with van der Waals surface area (Å²) in [5, 5.41) is 3.36. The zero-order valence-corrected chi connectivity index (χ0v) is 10.1. The zero-order chi connectivity index (χ0) is 9.80. The van der Waals surface area contributed by atoms with Crippen LogP contribution in [-0.2, 0) is 0 Å². The van der Waals surface area contributed by atoms with Crippen LogP contribution in [0.2, 0.25) is 0 Å². The Balaban J connectivity index is 1.95. The molecule has 1 fully saturated rings. The van der Waals surface area contributed by atoms with Crippen LogP contribution in [0.25, 0.3) is 0 Å². The molecular weight excluding hydrogens is 262 g/mol. The summed E-state index contributed by atoms with van der Waals surface area (Å²) in [4.78, 5) is 8.43. The summed E-state index contributed by atoms with van der Waals surface area (Å²) in [5.41, 5.74) is 0. The molecule has 1 aromatic heterocycles. The molecule has 1 saturated heterocycles. The third-order valence-corrected chi connectivity index (χ3v) is 3.67. The van der Waals surface area contributed by atoms with Gasteiger partial charge in [0.25, 0.3) is 0 Å². The molecular formula is C9H12BrN3S. The Morgan fingerprint density at radius 3 is 2.93 bits per heavy atom. The van der Waals surface area contributed by atoms with Crippen LogP contribution in [0, 0.1) is 0 Å². The first-order valence-electron chi connectivity index (χ1n) is 4.67. The average molecular weight is 274 g/mol. The Labute approximate surface area is 96.2 Å². The Bertz CT molecular complexity index is 302. The molecule has 1 aliphatic heterocycles. The Morgan fingerprint density at radius 1 is 1.43 bits per heavy atom. The van der Waals surface area contributed by atoms with Crippen LogP contribution < -0.4 is 5.32 Å². The van der Waals surface area contributed by atoms with Gasteiger partial charge in [-0.3, -0.25) is 0 Å². The van der Waals surface area contributed by atoms with Crippen molar-refractivity contribution in [2.75, 3.05) is 16.8 Å². The summed E-state index contributed by atoms with van der Waals surface area (Å²) < 4.78 is 0.834. The first-order chi connectivity index (χ1) is 6.84. The van der Waals surface area contributed by atoms with Crippen molar-refractivity contribution >= 4 is 33.6 Å². The molecule has 1 aliphatic rings. The number of nitrogens with one attached hydrogen (secondary N) is 1. The number of aromatic nitrogens is 2. The van der Waals surface area contributed by atoms with E-state index in [4.69, 9.17) is 0 Å². The third kappa shape index (κ3) is 2.85. The highest BCUT2D eigenvalue weighted by molar-refractivity contribution is 9.10. The van der Waals surface area contributed by atoms with Crippen molar-refractivity contribution in [3.8, 4) is 0 Å². The van der Waals surface area contributed by atoms with Gasteiger partial charge >= 0.3 is 0 Å². The van der Waals surface area contributed by atoms with Crippen LogP contribution in [0.4, 0.5) is 5.95 Å². The van der Waals surface area contributed by atoms with Gasteiger partial charge in [-0.15, -0.1) is 0 Å². The van der Waals surface area contributed by atoms with Crippen molar-refractivity contribution in [1.82, 2.24) is 9.97 Å². The smallest absolute Gasteiger partial charge is 0.223 e. The maximum Gasteiger partial charge on any atom is 0.223 e. The number of hydrogen-bond donors (Lipinski definition) is 1. The van der Waals surface area contributed by atoms with E-state index in [1.807, 2.05) is 17.8 Å². The van der Waals surface area contributed by atoms with Crippen molar-refractivity contribution in [3.05, 3.63) is 16.9 Å². The van der Waals surface area contributed by atoms with Crippen LogP contribution in [0.1, 0.15) is 12.8 Å². The van der Waals surface area contributed by atoms with E-state index in [1.54, 1.807) is 6.20 Å². The predicted octanol–water partition coefficient (Wildman–Crippen LogP) is 2.55. The topological polar surface area (TPSA) is 37.8 Å². The fourth-order valence-corrected chi connectivity index (χ4v) is 2.82. The summed E-state index contributed by atoms with van der Waals surface area (Å²) >= 11 is 5.35. The summed E-state index contributed by atoms with van der Waals surface area (Å²) in [6.45, 7) is 0. The van der Waals surface area contributed by atoms with E-state index in [0.29, 0.717) is 6.04 Å². The van der Waals surface area contributed by atoms with E-state index in [2.05, 4.69) is 31.2 Å². The lowest BCUT2D eigenvalue weighted by atomic mass is 10.2. The molecule has 14 heavy (non-hydrogen) atoms. The van der Waals surface area contributed by atoms with Crippen molar-refractivity contribution in [2.24, 2.45) is 0 Å². The van der Waals surface area contributed by atoms with Crippen LogP contribution >= 0.6 is 27.7 Å². The van der Waals surface area contributed by atoms with Crippen molar-refractivity contribution in [3.63, 3.8) is 0 Å². The minimum Gasteiger partial charge on any atom is -0.351 e. The highest BCUT2D eigenvalue weighted by atomic mass is 79.9. The molecule has 0 atom stereocenters.